The molecule has 0 fully saturated rings. The van der Waals surface area contributed by atoms with E-state index in [1.807, 2.05) is 54.3 Å². The van der Waals surface area contributed by atoms with Crippen molar-refractivity contribution < 1.29 is 31.4 Å². The first-order valence-corrected chi connectivity index (χ1v) is 7.21. The Hall–Kier alpha value is -1.04. The largest absolute Gasteiger partial charge is 1.00 e. The number of aromatic nitrogens is 1. The van der Waals surface area contributed by atoms with Crippen LogP contribution < -0.4 is 21.5 Å². The monoisotopic (exact) mass is 355 g/mol. The van der Waals surface area contributed by atoms with Crippen molar-refractivity contribution in [3.63, 3.8) is 0 Å². The molecular formula is C15H18BrNO2S. The predicted octanol–water partition coefficient (Wildman–Crippen LogP) is -0.673. The average molecular weight is 356 g/mol. The van der Waals surface area contributed by atoms with E-state index in [4.69, 9.17) is 5.11 Å². The molecule has 1 heterocycles. The zero-order valence-electron chi connectivity index (χ0n) is 11.5. The minimum absolute atomic E-state index is 0. The lowest BCUT2D eigenvalue weighted by molar-refractivity contribution is -0.706. The second kappa shape index (κ2) is 7.67. The Kier molecular flexibility index (Phi) is 6.52. The number of aliphatic hydroxyl groups excluding tert-OH is 1. The van der Waals surface area contributed by atoms with Crippen LogP contribution in [0, 0.1) is 6.92 Å². The maximum atomic E-state index is 12.4. The van der Waals surface area contributed by atoms with Gasteiger partial charge in [-0.15, -0.1) is 0 Å². The lowest BCUT2D eigenvalue weighted by Gasteiger charge is -2.06. The van der Waals surface area contributed by atoms with Gasteiger partial charge in [-0.05, 0) is 0 Å². The zero-order chi connectivity index (χ0) is 13.8. The third kappa shape index (κ3) is 3.53. The van der Waals surface area contributed by atoms with Crippen LogP contribution in [-0.4, -0.2) is 17.5 Å². The van der Waals surface area contributed by atoms with Crippen LogP contribution in [0.4, 0.5) is 0 Å². The molecule has 0 aliphatic heterocycles. The van der Waals surface area contributed by atoms with E-state index in [0.717, 1.165) is 16.1 Å². The van der Waals surface area contributed by atoms with E-state index in [0.29, 0.717) is 6.42 Å². The number of halogens is 1. The fraction of sp³-hybridized carbons (Fsp3) is 0.333. The highest BCUT2D eigenvalue weighted by Crippen LogP contribution is 2.16. The summed E-state index contributed by atoms with van der Waals surface area (Å²) in [6.45, 7) is 4.05. The van der Waals surface area contributed by atoms with Gasteiger partial charge in [0.1, 0.15) is 0 Å². The molecule has 1 atom stereocenters. The minimum atomic E-state index is -0.217. The van der Waals surface area contributed by atoms with E-state index < -0.39 is 0 Å². The van der Waals surface area contributed by atoms with Gasteiger partial charge in [0.2, 0.25) is 17.3 Å². The fourth-order valence-corrected chi connectivity index (χ4v) is 3.19. The van der Waals surface area contributed by atoms with Gasteiger partial charge in [-0.1, -0.05) is 41.7 Å². The molecule has 2 rings (SSSR count). The Morgan fingerprint density at radius 1 is 1.35 bits per heavy atom. The van der Waals surface area contributed by atoms with Crippen molar-refractivity contribution >= 4 is 17.1 Å². The van der Waals surface area contributed by atoms with Crippen molar-refractivity contribution in [2.75, 3.05) is 6.61 Å². The molecular weight excluding hydrogens is 338 g/mol. The van der Waals surface area contributed by atoms with Gasteiger partial charge in [0.15, 0.2) is 5.69 Å². The lowest BCUT2D eigenvalue weighted by Crippen LogP contribution is -3.00. The summed E-state index contributed by atoms with van der Waals surface area (Å²) in [5.74, 6) is 0.113. The Morgan fingerprint density at radius 2 is 2.00 bits per heavy atom. The Balaban J connectivity index is 0.00000200. The van der Waals surface area contributed by atoms with E-state index in [-0.39, 0.29) is 35.4 Å². The van der Waals surface area contributed by atoms with Gasteiger partial charge in [-0.3, -0.25) is 4.79 Å². The summed E-state index contributed by atoms with van der Waals surface area (Å²) >= 11 is 1.59. The molecule has 0 spiro atoms. The maximum Gasteiger partial charge on any atom is 0.230 e. The SMILES string of the molecule is Cc1c(CCO)sc[n+]1C(C)C(=O)c1ccccc1.[Br-]. The van der Waals surface area contributed by atoms with Crippen LogP contribution in [0.15, 0.2) is 35.8 Å². The number of hydrogen-bond donors (Lipinski definition) is 1. The van der Waals surface area contributed by atoms with Gasteiger partial charge < -0.3 is 22.1 Å². The number of aliphatic hydroxyl groups is 1. The Bertz CT molecular complexity index is 569. The first kappa shape index (κ1) is 17.0. The molecule has 20 heavy (non-hydrogen) atoms. The van der Waals surface area contributed by atoms with Gasteiger partial charge >= 0.3 is 0 Å². The van der Waals surface area contributed by atoms with Crippen molar-refractivity contribution in [3.8, 4) is 0 Å². The van der Waals surface area contributed by atoms with Crippen molar-refractivity contribution in [1.29, 1.82) is 0 Å². The molecule has 0 saturated heterocycles. The molecule has 1 N–H and O–H groups in total. The number of ketones is 1. The molecule has 108 valence electrons. The molecule has 5 heteroatoms. The topological polar surface area (TPSA) is 41.2 Å². The summed E-state index contributed by atoms with van der Waals surface area (Å²) in [6.07, 6.45) is 0.649. The summed E-state index contributed by atoms with van der Waals surface area (Å²) in [7, 11) is 0. The van der Waals surface area contributed by atoms with Gasteiger partial charge in [-0.2, -0.15) is 4.57 Å². The second-order valence-corrected chi connectivity index (χ2v) is 5.46. The smallest absolute Gasteiger partial charge is 0.230 e. The van der Waals surface area contributed by atoms with E-state index in [9.17, 15) is 4.79 Å². The van der Waals surface area contributed by atoms with E-state index >= 15 is 0 Å². The van der Waals surface area contributed by atoms with Crippen LogP contribution in [-0.2, 0) is 6.42 Å². The minimum Gasteiger partial charge on any atom is -1.00 e. The molecule has 0 saturated carbocycles. The quantitative estimate of drug-likeness (QED) is 0.570. The molecule has 0 bridgehead atoms. The summed E-state index contributed by atoms with van der Waals surface area (Å²) in [4.78, 5) is 13.5. The summed E-state index contributed by atoms with van der Waals surface area (Å²) in [5.41, 5.74) is 3.76. The van der Waals surface area contributed by atoms with Crippen molar-refractivity contribution in [3.05, 3.63) is 52.0 Å². The van der Waals surface area contributed by atoms with Crippen LogP contribution in [0.2, 0.25) is 0 Å². The number of carbonyl (C=O) groups excluding carboxylic acids is 1. The van der Waals surface area contributed by atoms with Crippen molar-refractivity contribution in [1.82, 2.24) is 0 Å². The maximum absolute atomic E-state index is 12.4. The molecule has 2 aromatic rings. The normalized spacial score (nSPS) is 11.8. The van der Waals surface area contributed by atoms with Gasteiger partial charge in [0.05, 0.1) is 4.88 Å². The van der Waals surface area contributed by atoms with E-state index in [2.05, 4.69) is 0 Å². The van der Waals surface area contributed by atoms with Crippen LogP contribution in [0.3, 0.4) is 0 Å². The summed E-state index contributed by atoms with van der Waals surface area (Å²) in [6, 6.07) is 9.13. The molecule has 0 amide bonds. The second-order valence-electron chi connectivity index (χ2n) is 4.52. The highest BCUT2D eigenvalue weighted by molar-refractivity contribution is 7.09. The first-order chi connectivity index (χ1) is 9.15. The lowest BCUT2D eigenvalue weighted by atomic mass is 10.1. The van der Waals surface area contributed by atoms with Crippen LogP contribution in [0.5, 0.6) is 0 Å². The first-order valence-electron chi connectivity index (χ1n) is 6.33. The molecule has 1 unspecified atom stereocenters. The summed E-state index contributed by atoms with van der Waals surface area (Å²) in [5, 5.41) is 9.01. The molecule has 3 nitrogen and oxygen atoms in total. The van der Waals surface area contributed by atoms with E-state index in [1.54, 1.807) is 11.3 Å². The number of benzene rings is 1. The van der Waals surface area contributed by atoms with Crippen LogP contribution in [0.1, 0.15) is 33.9 Å². The van der Waals surface area contributed by atoms with Gasteiger partial charge in [-0.25, -0.2) is 0 Å². The van der Waals surface area contributed by atoms with Crippen LogP contribution >= 0.6 is 11.3 Å². The molecule has 0 aliphatic carbocycles. The number of hydrogen-bond acceptors (Lipinski definition) is 3. The number of carbonyl (C=O) groups is 1. The Morgan fingerprint density at radius 3 is 2.60 bits per heavy atom. The zero-order valence-corrected chi connectivity index (χ0v) is 13.9. The predicted molar refractivity (Wildman–Crippen MR) is 75.5 cm³/mol. The third-order valence-electron chi connectivity index (χ3n) is 3.29. The van der Waals surface area contributed by atoms with Gasteiger partial charge in [0, 0.05) is 32.4 Å². The third-order valence-corrected chi connectivity index (χ3v) is 4.41. The number of thiazole rings is 1. The van der Waals surface area contributed by atoms with Crippen molar-refractivity contribution in [2.45, 2.75) is 26.3 Å². The molecule has 1 aromatic carbocycles. The van der Waals surface area contributed by atoms with Crippen LogP contribution in [0.25, 0.3) is 0 Å². The highest BCUT2D eigenvalue weighted by Gasteiger charge is 2.27. The molecule has 0 radical (unpaired) electrons. The standard InChI is InChI=1S/C15H18NO2S.BrH/c1-11-14(8-9-17)19-10-16(11)12(2)15(18)13-6-4-3-5-7-13;/h3-7,10,12,17H,8-9H2,1-2H3;1H/q+1;/p-1. The highest BCUT2D eigenvalue weighted by atomic mass is 79.9. The molecule has 1 aromatic heterocycles. The van der Waals surface area contributed by atoms with Gasteiger partial charge in [0.25, 0.3) is 0 Å². The summed E-state index contributed by atoms with van der Waals surface area (Å²) < 4.78 is 1.99. The Labute approximate surface area is 133 Å². The van der Waals surface area contributed by atoms with Crippen molar-refractivity contribution in [2.24, 2.45) is 0 Å². The fourth-order valence-electron chi connectivity index (χ4n) is 2.12. The number of rotatable bonds is 5. The number of nitrogens with zero attached hydrogens (tertiary/aromatic N) is 1. The molecule has 0 aliphatic rings. The van der Waals surface area contributed by atoms with E-state index in [1.165, 1.54) is 0 Å². The number of Topliss-reactive ketones (excluding diaryl/α,β-unsaturated/α-hetero) is 1. The average Bonchev–Trinajstić information content (AvgIpc) is 2.80.